The van der Waals surface area contributed by atoms with E-state index in [1.54, 1.807) is 0 Å². The number of hydrogen-bond donors (Lipinski definition) is 0. The van der Waals surface area contributed by atoms with Gasteiger partial charge in [0, 0.05) is 9.77 Å². The first kappa shape index (κ1) is 25.4. The molecule has 1 aliphatic heterocycles. The fourth-order valence-electron chi connectivity index (χ4n) is 3.29. The number of cyclic esters (lactones) is 1. The fraction of sp³-hybridized carbons (Fsp3) is 0.368. The zero-order chi connectivity index (χ0) is 24.9. The highest BCUT2D eigenvalue weighted by molar-refractivity contribution is 14.1. The van der Waals surface area contributed by atoms with Crippen LogP contribution in [0.4, 0.5) is 44.3 Å². The molecule has 14 heteroatoms. The van der Waals surface area contributed by atoms with Crippen LogP contribution in [0, 0.1) is 3.57 Å². The number of carbonyl (C=O) groups is 1. The molecule has 1 aromatic carbocycles. The van der Waals surface area contributed by atoms with Gasteiger partial charge in [0.05, 0.1) is 23.7 Å². The number of carbonyl (C=O) groups excluding carboxylic acids is 1. The van der Waals surface area contributed by atoms with Gasteiger partial charge in [-0.3, -0.25) is 9.88 Å². The summed E-state index contributed by atoms with van der Waals surface area (Å²) in [5.41, 5.74) is -4.85. The highest BCUT2D eigenvalue weighted by Gasteiger charge is 2.44. The van der Waals surface area contributed by atoms with E-state index in [2.05, 4.69) is 4.98 Å². The van der Waals surface area contributed by atoms with Crippen molar-refractivity contribution in [3.8, 4) is 0 Å². The molecule has 2 atom stereocenters. The molecule has 180 valence electrons. The van der Waals surface area contributed by atoms with Crippen molar-refractivity contribution in [3.63, 3.8) is 0 Å². The van der Waals surface area contributed by atoms with Gasteiger partial charge in [0.2, 0.25) is 0 Å². The van der Waals surface area contributed by atoms with E-state index < -0.39 is 65.7 Å². The van der Waals surface area contributed by atoms with Crippen molar-refractivity contribution in [1.82, 2.24) is 9.88 Å². The standard InChI is InChI=1S/C19H12F9IN2O2/c1-8-14(10-4-11(17(20,21)22)6-12(5-10)18(23,24)25)33-16(32)31(8)7-9-2-3-30-15(13(9)29)19(26,27)28/h2-6,8,14H,7H2,1H3/t8-,14-/m0/s1. The summed E-state index contributed by atoms with van der Waals surface area (Å²) < 4.78 is 123. The minimum absolute atomic E-state index is 0.0300. The van der Waals surface area contributed by atoms with Crippen LogP contribution in [0.1, 0.15) is 41.0 Å². The lowest BCUT2D eigenvalue weighted by Crippen LogP contribution is -2.32. The molecule has 3 rings (SSSR count). The molecule has 0 N–H and O–H groups in total. The Labute approximate surface area is 193 Å². The fourth-order valence-corrected chi connectivity index (χ4v) is 4.09. The molecule has 0 bridgehead atoms. The van der Waals surface area contributed by atoms with Gasteiger partial charge in [-0.25, -0.2) is 4.79 Å². The van der Waals surface area contributed by atoms with Crippen molar-refractivity contribution in [2.45, 2.75) is 44.1 Å². The molecule has 1 saturated heterocycles. The number of aromatic nitrogens is 1. The van der Waals surface area contributed by atoms with Crippen molar-refractivity contribution in [3.05, 3.63) is 62.0 Å². The first-order valence-corrected chi connectivity index (χ1v) is 10.0. The highest BCUT2D eigenvalue weighted by Crippen LogP contribution is 2.41. The third-order valence-electron chi connectivity index (χ3n) is 4.91. The van der Waals surface area contributed by atoms with Crippen molar-refractivity contribution in [2.24, 2.45) is 0 Å². The van der Waals surface area contributed by atoms with E-state index >= 15 is 0 Å². The Morgan fingerprint density at radius 1 is 0.970 bits per heavy atom. The van der Waals surface area contributed by atoms with Crippen LogP contribution in [0.3, 0.4) is 0 Å². The Bertz CT molecular complexity index is 1030. The highest BCUT2D eigenvalue weighted by atomic mass is 127. The molecule has 2 heterocycles. The minimum atomic E-state index is -5.09. The second-order valence-corrected chi connectivity index (χ2v) is 8.22. The molecule has 1 aliphatic rings. The predicted molar refractivity (Wildman–Crippen MR) is 103 cm³/mol. The summed E-state index contributed by atoms with van der Waals surface area (Å²) in [4.78, 5) is 16.5. The maximum absolute atomic E-state index is 13.2. The lowest BCUT2D eigenvalue weighted by atomic mass is 9.97. The number of rotatable bonds is 3. The number of hydrogen-bond acceptors (Lipinski definition) is 3. The second kappa shape index (κ2) is 8.51. The van der Waals surface area contributed by atoms with Crippen LogP contribution in [0.15, 0.2) is 30.5 Å². The normalized spacial score (nSPS) is 19.7. The number of amides is 1. The summed E-state index contributed by atoms with van der Waals surface area (Å²) in [6.45, 7) is 0.882. The Balaban J connectivity index is 1.97. The van der Waals surface area contributed by atoms with Gasteiger partial charge in [0.15, 0.2) is 5.69 Å². The Hall–Kier alpha value is -2.26. The zero-order valence-electron chi connectivity index (χ0n) is 16.2. The average Bonchev–Trinajstić information content (AvgIpc) is 2.95. The Morgan fingerprint density at radius 2 is 1.52 bits per heavy atom. The largest absolute Gasteiger partial charge is 0.439 e. The number of benzene rings is 1. The predicted octanol–water partition coefficient (Wildman–Crippen LogP) is 6.82. The van der Waals surface area contributed by atoms with Gasteiger partial charge in [0.25, 0.3) is 0 Å². The summed E-state index contributed by atoms with van der Waals surface area (Å²) in [5.74, 6) is 0. The summed E-state index contributed by atoms with van der Waals surface area (Å²) in [5, 5.41) is 0. The quantitative estimate of drug-likeness (QED) is 0.288. The number of halogens is 10. The van der Waals surface area contributed by atoms with Crippen LogP contribution in [0.2, 0.25) is 0 Å². The van der Waals surface area contributed by atoms with E-state index in [1.807, 2.05) is 0 Å². The molecule has 33 heavy (non-hydrogen) atoms. The lowest BCUT2D eigenvalue weighted by Gasteiger charge is -2.23. The molecule has 4 nitrogen and oxygen atoms in total. The molecule has 0 spiro atoms. The van der Waals surface area contributed by atoms with Crippen molar-refractivity contribution in [1.29, 1.82) is 0 Å². The van der Waals surface area contributed by atoms with Gasteiger partial charge in [-0.05, 0) is 64.9 Å². The first-order chi connectivity index (χ1) is 15.0. The van der Waals surface area contributed by atoms with Crippen LogP contribution < -0.4 is 0 Å². The Morgan fingerprint density at radius 3 is 2.00 bits per heavy atom. The van der Waals surface area contributed by atoms with E-state index in [1.165, 1.54) is 35.6 Å². The van der Waals surface area contributed by atoms with Crippen molar-refractivity contribution >= 4 is 28.7 Å². The summed E-state index contributed by atoms with van der Waals surface area (Å²) in [6, 6.07) is 0.980. The van der Waals surface area contributed by atoms with Crippen LogP contribution in [0.25, 0.3) is 0 Å². The second-order valence-electron chi connectivity index (χ2n) is 7.14. The van der Waals surface area contributed by atoms with Crippen molar-refractivity contribution < 1.29 is 49.0 Å². The van der Waals surface area contributed by atoms with E-state index in [4.69, 9.17) is 4.74 Å². The van der Waals surface area contributed by atoms with E-state index in [0.717, 1.165) is 11.1 Å². The number of nitrogens with zero attached hydrogens (tertiary/aromatic N) is 2. The molecule has 0 saturated carbocycles. The molecule has 1 fully saturated rings. The summed E-state index contributed by atoms with van der Waals surface area (Å²) >= 11 is 1.40. The smallest absolute Gasteiger partial charge is 0.434 e. The van der Waals surface area contributed by atoms with Gasteiger partial charge in [-0.1, -0.05) is 0 Å². The summed E-state index contributed by atoms with van der Waals surface area (Å²) in [6.07, 6.45) is -16.7. The third kappa shape index (κ3) is 5.30. The van der Waals surface area contributed by atoms with Gasteiger partial charge in [0.1, 0.15) is 6.10 Å². The van der Waals surface area contributed by atoms with Crippen molar-refractivity contribution in [2.75, 3.05) is 0 Å². The molecule has 1 aromatic heterocycles. The molecular formula is C19H12F9IN2O2. The maximum atomic E-state index is 13.2. The van der Waals surface area contributed by atoms with Crippen LogP contribution in [0.5, 0.6) is 0 Å². The first-order valence-electron chi connectivity index (χ1n) is 8.97. The lowest BCUT2D eigenvalue weighted by molar-refractivity contribution is -0.143. The molecule has 2 aromatic rings. The van der Waals surface area contributed by atoms with E-state index in [-0.39, 0.29) is 15.2 Å². The molecule has 0 unspecified atom stereocenters. The van der Waals surface area contributed by atoms with Gasteiger partial charge < -0.3 is 4.74 Å². The van der Waals surface area contributed by atoms with Gasteiger partial charge in [-0.2, -0.15) is 39.5 Å². The van der Waals surface area contributed by atoms with Gasteiger partial charge >= 0.3 is 24.6 Å². The van der Waals surface area contributed by atoms with Crippen LogP contribution in [-0.4, -0.2) is 22.0 Å². The van der Waals surface area contributed by atoms with Gasteiger partial charge in [-0.15, -0.1) is 0 Å². The SMILES string of the molecule is C[C@H]1[C@@H](c2cc(C(F)(F)F)cc(C(F)(F)F)c2)OC(=O)N1Cc1ccnc(C(F)(F)F)c1I. The number of alkyl halides is 9. The number of pyridine rings is 1. The van der Waals surface area contributed by atoms with E-state index in [9.17, 15) is 44.3 Å². The van der Waals surface area contributed by atoms with E-state index in [0.29, 0.717) is 12.1 Å². The molecular weight excluding hydrogens is 586 g/mol. The third-order valence-corrected chi connectivity index (χ3v) is 6.11. The topological polar surface area (TPSA) is 42.4 Å². The minimum Gasteiger partial charge on any atom is -0.439 e. The Kier molecular flexibility index (Phi) is 6.54. The summed E-state index contributed by atoms with van der Waals surface area (Å²) in [7, 11) is 0. The molecule has 0 radical (unpaired) electrons. The molecule has 0 aliphatic carbocycles. The number of ether oxygens (including phenoxy) is 1. The zero-order valence-corrected chi connectivity index (χ0v) is 18.4. The van der Waals surface area contributed by atoms with Crippen LogP contribution in [-0.2, 0) is 29.8 Å². The average molecular weight is 598 g/mol. The maximum Gasteiger partial charge on any atom is 0.434 e. The monoisotopic (exact) mass is 598 g/mol. The molecule has 1 amide bonds. The van der Waals surface area contributed by atoms with Crippen LogP contribution >= 0.6 is 22.6 Å².